The Morgan fingerprint density at radius 1 is 1.16 bits per heavy atom. The van der Waals surface area contributed by atoms with Gasteiger partial charge in [-0.15, -0.1) is 0 Å². The van der Waals surface area contributed by atoms with Crippen LogP contribution in [-0.2, 0) is 11.3 Å². The summed E-state index contributed by atoms with van der Waals surface area (Å²) in [5.41, 5.74) is 1.90. The number of rotatable bonds is 6. The number of hydrogen-bond acceptors (Lipinski definition) is 3. The number of carbonyl (C=O) groups is 1. The molecular formula is C20H23FN2O2. The zero-order valence-electron chi connectivity index (χ0n) is 14.2. The Kier molecular flexibility index (Phi) is 5.66. The fourth-order valence-corrected chi connectivity index (χ4v) is 3.03. The molecule has 0 spiro atoms. The van der Waals surface area contributed by atoms with Crippen LogP contribution in [0.2, 0.25) is 0 Å². The highest BCUT2D eigenvalue weighted by molar-refractivity contribution is 5.67. The number of halogens is 1. The molecule has 1 fully saturated rings. The Morgan fingerprint density at radius 3 is 2.64 bits per heavy atom. The topological polar surface area (TPSA) is 50.4 Å². The van der Waals surface area contributed by atoms with Gasteiger partial charge in [0.25, 0.3) is 0 Å². The zero-order chi connectivity index (χ0) is 17.6. The van der Waals surface area contributed by atoms with Crippen molar-refractivity contribution in [2.75, 3.05) is 0 Å². The van der Waals surface area contributed by atoms with Gasteiger partial charge < -0.3 is 15.4 Å². The third kappa shape index (κ3) is 5.03. The normalized spacial score (nSPS) is 20.4. The monoisotopic (exact) mass is 342 g/mol. The van der Waals surface area contributed by atoms with Crippen molar-refractivity contribution in [2.24, 2.45) is 0 Å². The first-order valence-corrected chi connectivity index (χ1v) is 8.59. The molecule has 0 heterocycles. The average Bonchev–Trinajstić information content (AvgIpc) is 2.59. The maximum absolute atomic E-state index is 13.3. The molecule has 2 aromatic carbocycles. The Bertz CT molecular complexity index is 702. The molecule has 1 atom stereocenters. The van der Waals surface area contributed by atoms with E-state index in [4.69, 9.17) is 4.74 Å². The van der Waals surface area contributed by atoms with Crippen molar-refractivity contribution in [3.8, 4) is 0 Å². The summed E-state index contributed by atoms with van der Waals surface area (Å²) in [6.45, 7) is 2.29. The maximum Gasteiger partial charge on any atom is 0.407 e. The van der Waals surface area contributed by atoms with Gasteiger partial charge in [0.15, 0.2) is 0 Å². The second-order valence-corrected chi connectivity index (χ2v) is 6.51. The molecule has 25 heavy (non-hydrogen) atoms. The molecule has 0 bridgehead atoms. The highest BCUT2D eigenvalue weighted by atomic mass is 19.1. The maximum atomic E-state index is 13.3. The largest absolute Gasteiger partial charge is 0.445 e. The highest BCUT2D eigenvalue weighted by Crippen LogP contribution is 2.24. The van der Waals surface area contributed by atoms with Gasteiger partial charge in [-0.3, -0.25) is 0 Å². The lowest BCUT2D eigenvalue weighted by molar-refractivity contribution is 0.124. The summed E-state index contributed by atoms with van der Waals surface area (Å²) in [5.74, 6) is -0.222. The first-order valence-electron chi connectivity index (χ1n) is 8.59. The SMILES string of the molecule is C[C@H](NC1CC(NC(=O)OCc2ccccc2)C1)c1cccc(F)c1. The fraction of sp³-hybridized carbons (Fsp3) is 0.350. The van der Waals surface area contributed by atoms with E-state index in [2.05, 4.69) is 10.6 Å². The molecule has 2 aromatic rings. The first-order chi connectivity index (χ1) is 12.1. The molecule has 2 N–H and O–H groups in total. The van der Waals surface area contributed by atoms with Crippen LogP contribution in [0.3, 0.4) is 0 Å². The van der Waals surface area contributed by atoms with Gasteiger partial charge in [0, 0.05) is 18.1 Å². The molecule has 4 nitrogen and oxygen atoms in total. The first kappa shape index (κ1) is 17.4. The number of amides is 1. The molecule has 3 rings (SSSR count). The number of benzene rings is 2. The standard InChI is InChI=1S/C20H23FN2O2/c1-14(16-8-5-9-17(21)10-16)22-18-11-19(12-18)23-20(24)25-13-15-6-3-2-4-7-15/h2-10,14,18-19,22H,11-13H2,1H3,(H,23,24)/t14-,18?,19?/m0/s1. The summed E-state index contributed by atoms with van der Waals surface area (Å²) in [6.07, 6.45) is 1.31. The Balaban J connectivity index is 1.35. The Labute approximate surface area is 147 Å². The molecule has 0 saturated heterocycles. The van der Waals surface area contributed by atoms with Crippen LogP contribution in [0, 0.1) is 5.82 Å². The van der Waals surface area contributed by atoms with Crippen molar-refractivity contribution in [3.63, 3.8) is 0 Å². The second kappa shape index (κ2) is 8.12. The molecule has 1 amide bonds. The van der Waals surface area contributed by atoms with E-state index in [1.807, 2.05) is 43.3 Å². The van der Waals surface area contributed by atoms with Crippen LogP contribution in [0.5, 0.6) is 0 Å². The van der Waals surface area contributed by atoms with Gasteiger partial charge in [-0.25, -0.2) is 9.18 Å². The van der Waals surface area contributed by atoms with Crippen molar-refractivity contribution in [3.05, 3.63) is 71.5 Å². The Hall–Kier alpha value is -2.40. The number of alkyl carbamates (subject to hydrolysis) is 1. The van der Waals surface area contributed by atoms with E-state index >= 15 is 0 Å². The van der Waals surface area contributed by atoms with Crippen LogP contribution in [0.25, 0.3) is 0 Å². The summed E-state index contributed by atoms with van der Waals surface area (Å²) in [6, 6.07) is 16.7. The number of hydrogen-bond donors (Lipinski definition) is 2. The summed E-state index contributed by atoms with van der Waals surface area (Å²) in [7, 11) is 0. The van der Waals surface area contributed by atoms with Crippen LogP contribution in [0.1, 0.15) is 36.9 Å². The summed E-state index contributed by atoms with van der Waals surface area (Å²) >= 11 is 0. The minimum Gasteiger partial charge on any atom is -0.445 e. The van der Waals surface area contributed by atoms with Gasteiger partial charge in [0.2, 0.25) is 0 Å². The van der Waals surface area contributed by atoms with Crippen LogP contribution >= 0.6 is 0 Å². The van der Waals surface area contributed by atoms with E-state index in [0.29, 0.717) is 6.04 Å². The second-order valence-electron chi connectivity index (χ2n) is 6.51. The molecule has 1 aliphatic carbocycles. The average molecular weight is 342 g/mol. The van der Waals surface area contributed by atoms with Gasteiger partial charge in [-0.1, -0.05) is 42.5 Å². The molecule has 5 heteroatoms. The summed E-state index contributed by atoms with van der Waals surface area (Å²) in [5, 5.41) is 6.34. The predicted molar refractivity (Wildman–Crippen MR) is 94.5 cm³/mol. The van der Waals surface area contributed by atoms with Gasteiger partial charge in [0.05, 0.1) is 0 Å². The van der Waals surface area contributed by atoms with Crippen LogP contribution in [0.4, 0.5) is 9.18 Å². The Morgan fingerprint density at radius 2 is 1.92 bits per heavy atom. The van der Waals surface area contributed by atoms with E-state index < -0.39 is 0 Å². The van der Waals surface area contributed by atoms with Crippen molar-refractivity contribution < 1.29 is 13.9 Å². The van der Waals surface area contributed by atoms with E-state index in [1.165, 1.54) is 6.07 Å². The third-order valence-corrected chi connectivity index (χ3v) is 4.51. The minimum atomic E-state index is -0.384. The molecule has 0 unspecified atom stereocenters. The van der Waals surface area contributed by atoms with Crippen molar-refractivity contribution in [1.29, 1.82) is 0 Å². The van der Waals surface area contributed by atoms with Crippen molar-refractivity contribution in [2.45, 2.75) is 44.5 Å². The lowest BCUT2D eigenvalue weighted by Crippen LogP contribution is -2.52. The van der Waals surface area contributed by atoms with Gasteiger partial charge in [0.1, 0.15) is 12.4 Å². The quantitative estimate of drug-likeness (QED) is 0.836. The summed E-state index contributed by atoms with van der Waals surface area (Å²) in [4.78, 5) is 11.8. The smallest absolute Gasteiger partial charge is 0.407 e. The van der Waals surface area contributed by atoms with Crippen LogP contribution < -0.4 is 10.6 Å². The van der Waals surface area contributed by atoms with Gasteiger partial charge in [-0.05, 0) is 43.0 Å². The summed E-state index contributed by atoms with van der Waals surface area (Å²) < 4.78 is 18.5. The minimum absolute atomic E-state index is 0.0756. The number of carbonyl (C=O) groups excluding carboxylic acids is 1. The molecule has 0 aliphatic heterocycles. The molecular weight excluding hydrogens is 319 g/mol. The van der Waals surface area contributed by atoms with E-state index in [9.17, 15) is 9.18 Å². The van der Waals surface area contributed by atoms with Crippen molar-refractivity contribution in [1.82, 2.24) is 10.6 Å². The number of nitrogens with one attached hydrogen (secondary N) is 2. The van der Waals surface area contributed by atoms with E-state index in [1.54, 1.807) is 12.1 Å². The lowest BCUT2D eigenvalue weighted by atomic mass is 9.86. The van der Waals surface area contributed by atoms with Gasteiger partial charge in [-0.2, -0.15) is 0 Å². The van der Waals surface area contributed by atoms with Gasteiger partial charge >= 0.3 is 6.09 Å². The zero-order valence-corrected chi connectivity index (χ0v) is 14.2. The lowest BCUT2D eigenvalue weighted by Gasteiger charge is -2.38. The molecule has 0 radical (unpaired) electrons. The highest BCUT2D eigenvalue weighted by Gasteiger charge is 2.31. The molecule has 0 aromatic heterocycles. The third-order valence-electron chi connectivity index (χ3n) is 4.51. The predicted octanol–water partition coefficient (Wildman–Crippen LogP) is 3.93. The van der Waals surface area contributed by atoms with E-state index in [-0.39, 0.29) is 30.6 Å². The van der Waals surface area contributed by atoms with E-state index in [0.717, 1.165) is 24.0 Å². The number of ether oxygens (including phenoxy) is 1. The molecule has 1 saturated carbocycles. The van der Waals surface area contributed by atoms with Crippen molar-refractivity contribution >= 4 is 6.09 Å². The molecule has 1 aliphatic rings. The molecule has 132 valence electrons. The van der Waals surface area contributed by atoms with Crippen LogP contribution in [0.15, 0.2) is 54.6 Å². The fourth-order valence-electron chi connectivity index (χ4n) is 3.03. The van der Waals surface area contributed by atoms with Crippen LogP contribution in [-0.4, -0.2) is 18.2 Å².